The van der Waals surface area contributed by atoms with Crippen molar-refractivity contribution in [1.82, 2.24) is 15.0 Å². The maximum atomic E-state index is 8.79. The summed E-state index contributed by atoms with van der Waals surface area (Å²) in [5.74, 6) is 0. The number of hydrogen-bond donors (Lipinski definition) is 1. The first-order valence-corrected chi connectivity index (χ1v) is 6.70. The van der Waals surface area contributed by atoms with Crippen molar-refractivity contribution in [3.63, 3.8) is 0 Å². The number of aromatic nitrogens is 3. The molecule has 1 heterocycles. The fourth-order valence-corrected chi connectivity index (χ4v) is 2.08. The molecule has 0 fully saturated rings. The fraction of sp³-hybridized carbons (Fsp3) is 0.385. The zero-order valence-electron chi connectivity index (χ0n) is 10.5. The Morgan fingerprint density at radius 2 is 1.94 bits per heavy atom. The Kier molecular flexibility index (Phi) is 4.14. The number of hydrogen-bond acceptors (Lipinski definition) is 3. The second-order valence-electron chi connectivity index (χ2n) is 4.38. The highest BCUT2D eigenvalue weighted by atomic mass is 79.9. The lowest BCUT2D eigenvalue weighted by molar-refractivity contribution is 0.288. The van der Waals surface area contributed by atoms with E-state index in [1.54, 1.807) is 4.68 Å². The van der Waals surface area contributed by atoms with Gasteiger partial charge in [-0.1, -0.05) is 21.1 Å². The van der Waals surface area contributed by atoms with Gasteiger partial charge in [-0.25, -0.2) is 4.68 Å². The lowest BCUT2D eigenvalue weighted by atomic mass is 10.1. The molecule has 96 valence electrons. The number of nitrogens with zero attached hydrogens (tertiary/aromatic N) is 3. The van der Waals surface area contributed by atoms with Crippen molar-refractivity contribution in [3.05, 3.63) is 39.6 Å². The molecule has 0 atom stereocenters. The second-order valence-corrected chi connectivity index (χ2v) is 5.17. The summed E-state index contributed by atoms with van der Waals surface area (Å²) in [6.07, 6.45) is 3.39. The van der Waals surface area contributed by atoms with Gasteiger partial charge >= 0.3 is 0 Å². The van der Waals surface area contributed by atoms with E-state index in [1.807, 2.05) is 6.20 Å². The van der Waals surface area contributed by atoms with E-state index in [4.69, 9.17) is 5.11 Å². The SMILES string of the molecule is Cc1cc(-n2cc(CCCO)nn2)cc(C)c1Br. The lowest BCUT2D eigenvalue weighted by Crippen LogP contribution is -1.97. The van der Waals surface area contributed by atoms with Crippen LogP contribution >= 0.6 is 15.9 Å². The van der Waals surface area contributed by atoms with Crippen molar-refractivity contribution in [2.24, 2.45) is 0 Å². The third-order valence-electron chi connectivity index (χ3n) is 2.82. The monoisotopic (exact) mass is 309 g/mol. The molecule has 1 N–H and O–H groups in total. The van der Waals surface area contributed by atoms with Crippen LogP contribution in [0.2, 0.25) is 0 Å². The van der Waals surface area contributed by atoms with Crippen molar-refractivity contribution >= 4 is 15.9 Å². The predicted octanol–water partition coefficient (Wildman–Crippen LogP) is 2.57. The number of aryl methyl sites for hydroxylation is 3. The van der Waals surface area contributed by atoms with Crippen LogP contribution in [0.15, 0.2) is 22.8 Å². The Labute approximate surface area is 115 Å². The number of aliphatic hydroxyl groups is 1. The van der Waals surface area contributed by atoms with Gasteiger partial charge in [-0.2, -0.15) is 0 Å². The predicted molar refractivity (Wildman–Crippen MR) is 73.9 cm³/mol. The van der Waals surface area contributed by atoms with E-state index < -0.39 is 0 Å². The van der Waals surface area contributed by atoms with Gasteiger partial charge in [0, 0.05) is 11.1 Å². The molecule has 0 aliphatic carbocycles. The fourth-order valence-electron chi connectivity index (χ4n) is 1.85. The summed E-state index contributed by atoms with van der Waals surface area (Å²) in [5.41, 5.74) is 4.27. The standard InChI is InChI=1S/C13H16BrN3O/c1-9-6-12(7-10(2)13(9)14)17-8-11(15-16-17)4-3-5-18/h6-8,18H,3-5H2,1-2H3. The number of rotatable bonds is 4. The average Bonchev–Trinajstić information content (AvgIpc) is 2.81. The van der Waals surface area contributed by atoms with Crippen molar-refractivity contribution in [1.29, 1.82) is 0 Å². The van der Waals surface area contributed by atoms with E-state index in [2.05, 4.69) is 52.2 Å². The minimum absolute atomic E-state index is 0.184. The molecule has 4 nitrogen and oxygen atoms in total. The van der Waals surface area contributed by atoms with E-state index in [1.165, 1.54) is 11.1 Å². The normalized spacial score (nSPS) is 10.9. The molecule has 0 bridgehead atoms. The molecule has 0 spiro atoms. The van der Waals surface area contributed by atoms with Gasteiger partial charge in [0.25, 0.3) is 0 Å². The van der Waals surface area contributed by atoms with Crippen LogP contribution in [-0.4, -0.2) is 26.7 Å². The summed E-state index contributed by atoms with van der Waals surface area (Å²) < 4.78 is 2.91. The molecule has 5 heteroatoms. The summed E-state index contributed by atoms with van der Waals surface area (Å²) in [6.45, 7) is 4.30. The maximum absolute atomic E-state index is 8.79. The maximum Gasteiger partial charge on any atom is 0.0832 e. The first-order chi connectivity index (χ1) is 8.61. The number of benzene rings is 1. The molecule has 1 aromatic carbocycles. The van der Waals surface area contributed by atoms with Gasteiger partial charge in [0.05, 0.1) is 17.6 Å². The summed E-state index contributed by atoms with van der Waals surface area (Å²) >= 11 is 3.55. The van der Waals surface area contributed by atoms with Crippen molar-refractivity contribution in [3.8, 4) is 5.69 Å². The quantitative estimate of drug-likeness (QED) is 0.944. The van der Waals surface area contributed by atoms with Crippen molar-refractivity contribution < 1.29 is 5.11 Å². The summed E-state index contributed by atoms with van der Waals surface area (Å²) in [7, 11) is 0. The molecule has 2 rings (SSSR count). The smallest absolute Gasteiger partial charge is 0.0832 e. The zero-order chi connectivity index (χ0) is 13.1. The molecule has 0 unspecified atom stereocenters. The molecule has 1 aromatic heterocycles. The minimum atomic E-state index is 0.184. The van der Waals surface area contributed by atoms with Crippen LogP contribution in [-0.2, 0) is 6.42 Å². The Hall–Kier alpha value is -1.20. The Balaban J connectivity index is 2.28. The summed E-state index contributed by atoms with van der Waals surface area (Å²) in [6, 6.07) is 4.14. The minimum Gasteiger partial charge on any atom is -0.396 e. The van der Waals surface area contributed by atoms with Gasteiger partial charge in [-0.05, 0) is 49.9 Å². The molecule has 0 radical (unpaired) electrons. The van der Waals surface area contributed by atoms with Crippen LogP contribution in [0.3, 0.4) is 0 Å². The molecule has 0 aliphatic rings. The highest BCUT2D eigenvalue weighted by molar-refractivity contribution is 9.10. The van der Waals surface area contributed by atoms with Crippen LogP contribution in [0, 0.1) is 13.8 Å². The van der Waals surface area contributed by atoms with Crippen molar-refractivity contribution in [2.75, 3.05) is 6.61 Å². The third-order valence-corrected chi connectivity index (χ3v) is 4.07. The molecule has 0 aliphatic heterocycles. The Morgan fingerprint density at radius 1 is 1.28 bits per heavy atom. The molecular formula is C13H16BrN3O. The third kappa shape index (κ3) is 2.79. The number of halogens is 1. The first-order valence-electron chi connectivity index (χ1n) is 5.91. The zero-order valence-corrected chi connectivity index (χ0v) is 12.1. The van der Waals surface area contributed by atoms with Crippen LogP contribution < -0.4 is 0 Å². The van der Waals surface area contributed by atoms with Crippen LogP contribution in [0.5, 0.6) is 0 Å². The van der Waals surface area contributed by atoms with E-state index in [0.29, 0.717) is 0 Å². The van der Waals surface area contributed by atoms with Crippen molar-refractivity contribution in [2.45, 2.75) is 26.7 Å². The molecule has 0 saturated carbocycles. The molecule has 0 amide bonds. The van der Waals surface area contributed by atoms with Crippen LogP contribution in [0.4, 0.5) is 0 Å². The topological polar surface area (TPSA) is 50.9 Å². The number of aliphatic hydroxyl groups excluding tert-OH is 1. The van der Waals surface area contributed by atoms with E-state index >= 15 is 0 Å². The molecule has 2 aromatic rings. The summed E-state index contributed by atoms with van der Waals surface area (Å²) in [4.78, 5) is 0. The molecule has 0 saturated heterocycles. The lowest BCUT2D eigenvalue weighted by Gasteiger charge is -2.07. The van der Waals surface area contributed by atoms with E-state index in [9.17, 15) is 0 Å². The average molecular weight is 310 g/mol. The second kappa shape index (κ2) is 5.63. The van der Waals surface area contributed by atoms with Crippen LogP contribution in [0.25, 0.3) is 5.69 Å². The highest BCUT2D eigenvalue weighted by Crippen LogP contribution is 2.24. The first kappa shape index (κ1) is 13.2. The van der Waals surface area contributed by atoms with Crippen LogP contribution in [0.1, 0.15) is 23.2 Å². The highest BCUT2D eigenvalue weighted by Gasteiger charge is 2.06. The van der Waals surface area contributed by atoms with Gasteiger partial charge < -0.3 is 5.11 Å². The van der Waals surface area contributed by atoms with Gasteiger partial charge in [0.2, 0.25) is 0 Å². The Bertz CT molecular complexity index is 528. The largest absolute Gasteiger partial charge is 0.396 e. The van der Waals surface area contributed by atoms with Gasteiger partial charge in [0.15, 0.2) is 0 Å². The summed E-state index contributed by atoms with van der Waals surface area (Å²) in [5, 5.41) is 17.0. The van der Waals surface area contributed by atoms with Gasteiger partial charge in [0.1, 0.15) is 0 Å². The van der Waals surface area contributed by atoms with E-state index in [-0.39, 0.29) is 6.61 Å². The van der Waals surface area contributed by atoms with Gasteiger partial charge in [-0.3, -0.25) is 0 Å². The Morgan fingerprint density at radius 3 is 2.56 bits per heavy atom. The van der Waals surface area contributed by atoms with E-state index in [0.717, 1.165) is 28.7 Å². The molecular weight excluding hydrogens is 294 g/mol. The van der Waals surface area contributed by atoms with Gasteiger partial charge in [-0.15, -0.1) is 5.10 Å². The molecule has 18 heavy (non-hydrogen) atoms.